The quantitative estimate of drug-likeness (QED) is 0.350. The second-order valence-electron chi connectivity index (χ2n) is 8.78. The molecule has 3 aromatic rings. The smallest absolute Gasteiger partial charge is 0.123 e. The lowest BCUT2D eigenvalue weighted by molar-refractivity contribution is 0.198. The molecule has 32 heavy (non-hydrogen) atoms. The minimum Gasteiger partial charge on any atom is -0.497 e. The van der Waals surface area contributed by atoms with Gasteiger partial charge in [-0.25, -0.2) is 4.39 Å². The molecule has 0 fully saturated rings. The van der Waals surface area contributed by atoms with Gasteiger partial charge >= 0.3 is 0 Å². The van der Waals surface area contributed by atoms with Gasteiger partial charge in [0.25, 0.3) is 0 Å². The van der Waals surface area contributed by atoms with Gasteiger partial charge in [-0.1, -0.05) is 45.9 Å². The lowest BCUT2D eigenvalue weighted by atomic mass is 9.80. The molecular weight excluding hydrogens is 419 g/mol. The van der Waals surface area contributed by atoms with Gasteiger partial charge in [0.15, 0.2) is 0 Å². The van der Waals surface area contributed by atoms with Crippen molar-refractivity contribution in [1.29, 1.82) is 0 Å². The van der Waals surface area contributed by atoms with Crippen molar-refractivity contribution in [3.05, 3.63) is 82.7 Å². The summed E-state index contributed by atoms with van der Waals surface area (Å²) in [6.45, 7) is 10.6. The standard InChI is InChI=1S/C28H33FO2S/c1-17(2)24-15-25(18(3)4)27(19(5)30)28(20-7-9-21(29)10-8-20)26(24)16-32-23-13-11-22(31-6)12-14-23/h7-15,17-19,30H,16H2,1-6H3. The van der Waals surface area contributed by atoms with Gasteiger partial charge in [0.1, 0.15) is 11.6 Å². The van der Waals surface area contributed by atoms with E-state index in [0.717, 1.165) is 38.7 Å². The third-order valence-electron chi connectivity index (χ3n) is 5.78. The van der Waals surface area contributed by atoms with Crippen LogP contribution in [0.2, 0.25) is 0 Å². The molecule has 1 N–H and O–H groups in total. The van der Waals surface area contributed by atoms with Crippen LogP contribution in [0.1, 0.15) is 74.8 Å². The summed E-state index contributed by atoms with van der Waals surface area (Å²) in [5.74, 6) is 1.92. The van der Waals surface area contributed by atoms with Gasteiger partial charge in [-0.05, 0) is 88.5 Å². The predicted molar refractivity (Wildman–Crippen MR) is 133 cm³/mol. The molecule has 3 aromatic carbocycles. The fourth-order valence-electron chi connectivity index (χ4n) is 4.16. The molecule has 0 bridgehead atoms. The number of hydrogen-bond donors (Lipinski definition) is 1. The highest BCUT2D eigenvalue weighted by Crippen LogP contribution is 2.43. The molecule has 0 aromatic heterocycles. The first-order chi connectivity index (χ1) is 15.2. The Kier molecular flexibility index (Phi) is 8.02. The van der Waals surface area contributed by atoms with E-state index in [2.05, 4.69) is 45.9 Å². The Labute approximate surface area is 195 Å². The van der Waals surface area contributed by atoms with Crippen LogP contribution in [0.3, 0.4) is 0 Å². The Hall–Kier alpha value is -2.30. The highest BCUT2D eigenvalue weighted by Gasteiger charge is 2.24. The topological polar surface area (TPSA) is 29.5 Å². The Bertz CT molecular complexity index is 1040. The van der Waals surface area contributed by atoms with E-state index in [1.54, 1.807) is 18.9 Å². The van der Waals surface area contributed by atoms with Crippen LogP contribution in [-0.2, 0) is 5.75 Å². The summed E-state index contributed by atoms with van der Waals surface area (Å²) in [7, 11) is 1.67. The first-order valence-corrected chi connectivity index (χ1v) is 12.1. The summed E-state index contributed by atoms with van der Waals surface area (Å²) in [5.41, 5.74) is 6.56. The molecule has 1 unspecified atom stereocenters. The number of hydrogen-bond acceptors (Lipinski definition) is 3. The Morgan fingerprint density at radius 1 is 0.875 bits per heavy atom. The van der Waals surface area contributed by atoms with Gasteiger partial charge in [0, 0.05) is 10.6 Å². The van der Waals surface area contributed by atoms with Crippen LogP contribution in [0.25, 0.3) is 11.1 Å². The van der Waals surface area contributed by atoms with E-state index in [1.807, 2.05) is 31.2 Å². The van der Waals surface area contributed by atoms with E-state index in [9.17, 15) is 9.50 Å². The van der Waals surface area contributed by atoms with Crippen molar-refractivity contribution in [1.82, 2.24) is 0 Å². The highest BCUT2D eigenvalue weighted by molar-refractivity contribution is 7.98. The molecule has 0 aliphatic carbocycles. The molecule has 0 saturated heterocycles. The Morgan fingerprint density at radius 2 is 1.47 bits per heavy atom. The number of aliphatic hydroxyl groups is 1. The second-order valence-corrected chi connectivity index (χ2v) is 9.83. The van der Waals surface area contributed by atoms with Crippen LogP contribution in [0, 0.1) is 5.82 Å². The van der Waals surface area contributed by atoms with Gasteiger partial charge in [0.05, 0.1) is 13.2 Å². The number of benzene rings is 3. The van der Waals surface area contributed by atoms with Crippen LogP contribution in [-0.4, -0.2) is 12.2 Å². The molecule has 1 atom stereocenters. The van der Waals surface area contributed by atoms with Crippen LogP contribution in [0.15, 0.2) is 59.5 Å². The summed E-state index contributed by atoms with van der Waals surface area (Å²) in [5, 5.41) is 10.9. The van der Waals surface area contributed by atoms with E-state index in [-0.39, 0.29) is 11.7 Å². The van der Waals surface area contributed by atoms with E-state index in [1.165, 1.54) is 23.3 Å². The number of rotatable bonds is 8. The van der Waals surface area contributed by atoms with Gasteiger partial charge in [-0.2, -0.15) is 0 Å². The van der Waals surface area contributed by atoms with Crippen molar-refractivity contribution in [2.75, 3.05) is 7.11 Å². The van der Waals surface area contributed by atoms with Crippen LogP contribution in [0.4, 0.5) is 4.39 Å². The fraction of sp³-hybridized carbons (Fsp3) is 0.357. The third kappa shape index (κ3) is 5.36. The number of thioether (sulfide) groups is 1. The molecule has 0 aliphatic rings. The summed E-state index contributed by atoms with van der Waals surface area (Å²) in [6.07, 6.45) is -0.626. The fourth-order valence-corrected chi connectivity index (χ4v) is 5.11. The number of aliphatic hydroxyl groups excluding tert-OH is 1. The van der Waals surface area contributed by atoms with E-state index >= 15 is 0 Å². The van der Waals surface area contributed by atoms with Crippen molar-refractivity contribution in [2.24, 2.45) is 0 Å². The van der Waals surface area contributed by atoms with Gasteiger partial charge in [-0.3, -0.25) is 0 Å². The number of halogens is 1. The SMILES string of the molecule is COc1ccc(SCc2c(C(C)C)cc(C(C)C)c(C(C)O)c2-c2ccc(F)cc2)cc1. The van der Waals surface area contributed by atoms with Crippen molar-refractivity contribution >= 4 is 11.8 Å². The predicted octanol–water partition coefficient (Wildman–Crippen LogP) is 8.09. The average molecular weight is 453 g/mol. The normalized spacial score (nSPS) is 12.4. The third-order valence-corrected chi connectivity index (χ3v) is 6.82. The maximum atomic E-state index is 13.7. The lowest BCUT2D eigenvalue weighted by Gasteiger charge is -2.27. The molecule has 4 heteroatoms. The van der Waals surface area contributed by atoms with Crippen molar-refractivity contribution in [3.8, 4) is 16.9 Å². The maximum absolute atomic E-state index is 13.7. The van der Waals surface area contributed by atoms with Crippen molar-refractivity contribution in [3.63, 3.8) is 0 Å². The summed E-state index contributed by atoms with van der Waals surface area (Å²) >= 11 is 1.76. The molecule has 0 amide bonds. The number of ether oxygens (including phenoxy) is 1. The average Bonchev–Trinajstić information content (AvgIpc) is 2.77. The van der Waals surface area contributed by atoms with E-state index in [4.69, 9.17) is 4.74 Å². The zero-order chi connectivity index (χ0) is 23.4. The van der Waals surface area contributed by atoms with Crippen molar-refractivity contribution < 1.29 is 14.2 Å². The Balaban J connectivity index is 2.21. The zero-order valence-electron chi connectivity index (χ0n) is 19.8. The summed E-state index contributed by atoms with van der Waals surface area (Å²) in [4.78, 5) is 1.15. The molecule has 0 radical (unpaired) electrons. The molecule has 0 heterocycles. The zero-order valence-corrected chi connectivity index (χ0v) is 20.6. The van der Waals surface area contributed by atoms with Crippen LogP contribution >= 0.6 is 11.8 Å². The number of methoxy groups -OCH3 is 1. The van der Waals surface area contributed by atoms with Gasteiger partial charge in [-0.15, -0.1) is 11.8 Å². The van der Waals surface area contributed by atoms with Crippen LogP contribution in [0.5, 0.6) is 5.75 Å². The monoisotopic (exact) mass is 452 g/mol. The molecular formula is C28H33FO2S. The van der Waals surface area contributed by atoms with Gasteiger partial charge in [0.2, 0.25) is 0 Å². The molecule has 0 saturated carbocycles. The summed E-state index contributed by atoms with van der Waals surface area (Å²) < 4.78 is 19.0. The van der Waals surface area contributed by atoms with E-state index < -0.39 is 6.10 Å². The molecule has 2 nitrogen and oxygen atoms in total. The maximum Gasteiger partial charge on any atom is 0.123 e. The summed E-state index contributed by atoms with van der Waals surface area (Å²) in [6, 6.07) is 17.0. The molecule has 170 valence electrons. The molecule has 0 spiro atoms. The first-order valence-electron chi connectivity index (χ1n) is 11.1. The lowest BCUT2D eigenvalue weighted by Crippen LogP contribution is -2.10. The van der Waals surface area contributed by atoms with Crippen LogP contribution < -0.4 is 4.74 Å². The van der Waals surface area contributed by atoms with Gasteiger partial charge < -0.3 is 9.84 Å². The largest absolute Gasteiger partial charge is 0.497 e. The Morgan fingerprint density at radius 3 is 1.97 bits per heavy atom. The molecule has 0 aliphatic heterocycles. The highest BCUT2D eigenvalue weighted by atomic mass is 32.2. The first kappa shape index (κ1) is 24.3. The van der Waals surface area contributed by atoms with E-state index in [0.29, 0.717) is 5.92 Å². The van der Waals surface area contributed by atoms with Crippen molar-refractivity contribution in [2.45, 2.75) is 63.2 Å². The minimum atomic E-state index is -0.626. The second kappa shape index (κ2) is 10.5. The minimum absolute atomic E-state index is 0.259. The molecule has 3 rings (SSSR count).